The van der Waals surface area contributed by atoms with Gasteiger partial charge >= 0.3 is 0 Å². The molecule has 2 unspecified atom stereocenters. The molecule has 0 fully saturated rings. The number of hydrogen-bond donors (Lipinski definition) is 2. The van der Waals surface area contributed by atoms with Crippen molar-refractivity contribution in [1.29, 1.82) is 0 Å². The fourth-order valence-corrected chi connectivity index (χ4v) is 8.97. The maximum atomic E-state index is 15.4. The first-order valence-electron chi connectivity index (χ1n) is 16.6. The molecule has 2 aliphatic rings. The van der Waals surface area contributed by atoms with Crippen LogP contribution in [0.25, 0.3) is 17.0 Å². The molecule has 0 radical (unpaired) electrons. The van der Waals surface area contributed by atoms with Crippen LogP contribution < -0.4 is 25.3 Å². The van der Waals surface area contributed by atoms with Crippen molar-refractivity contribution in [3.63, 3.8) is 0 Å². The lowest BCUT2D eigenvalue weighted by atomic mass is 9.91. The highest BCUT2D eigenvalue weighted by Gasteiger charge is 2.35. The van der Waals surface area contributed by atoms with E-state index in [4.69, 9.17) is 19.9 Å². The number of sulfonamides is 1. The van der Waals surface area contributed by atoms with Gasteiger partial charge in [0.1, 0.15) is 22.1 Å². The summed E-state index contributed by atoms with van der Waals surface area (Å²) in [4.78, 5) is 4.48. The van der Waals surface area contributed by atoms with Crippen molar-refractivity contribution < 1.29 is 22.6 Å². The van der Waals surface area contributed by atoms with Gasteiger partial charge in [-0.1, -0.05) is 60.7 Å². The average Bonchev–Trinajstić information content (AvgIpc) is 3.80. The van der Waals surface area contributed by atoms with Gasteiger partial charge in [-0.15, -0.1) is 5.10 Å². The molecule has 1 aliphatic heterocycles. The summed E-state index contributed by atoms with van der Waals surface area (Å²) in [5.74, 6) is 2.66. The fraction of sp³-hybridized carbons (Fsp3) is 0.211. The number of allylic oxidation sites excluding steroid dienone is 2. The van der Waals surface area contributed by atoms with Gasteiger partial charge in [0, 0.05) is 23.1 Å². The van der Waals surface area contributed by atoms with E-state index in [9.17, 15) is 0 Å². The molecule has 3 N–H and O–H groups in total. The SMILES string of the molecule is COc1ccc(CN(Cc2ccc(OC)cc2)S(=O)(=O)c2c(Br)ccc(C3=CC4NC(N)=NC4C=C3)c2-c2nnnn2Cc2ccc(OC)cc2)cc1. The highest BCUT2D eigenvalue weighted by Crippen LogP contribution is 2.42. The molecule has 53 heavy (non-hydrogen) atoms. The molecular weight excluding hydrogens is 760 g/mol. The first kappa shape index (κ1) is 35.9. The van der Waals surface area contributed by atoms with E-state index in [1.807, 2.05) is 97.1 Å². The number of nitrogens with two attached hydrogens (primary N) is 1. The van der Waals surface area contributed by atoms with Gasteiger partial charge in [0.15, 0.2) is 11.8 Å². The van der Waals surface area contributed by atoms with Crippen LogP contribution in [0.3, 0.4) is 0 Å². The molecule has 15 heteroatoms. The number of nitrogens with one attached hydrogen (secondary N) is 1. The maximum Gasteiger partial charge on any atom is 0.245 e. The quantitative estimate of drug-likeness (QED) is 0.163. The van der Waals surface area contributed by atoms with Crippen LogP contribution in [0.5, 0.6) is 17.2 Å². The lowest BCUT2D eigenvalue weighted by Gasteiger charge is -2.26. The highest BCUT2D eigenvalue weighted by molar-refractivity contribution is 9.10. The predicted octanol–water partition coefficient (Wildman–Crippen LogP) is 5.18. The summed E-state index contributed by atoms with van der Waals surface area (Å²) < 4.78 is 50.3. The molecular formula is C38H37BrN8O5S. The molecule has 0 amide bonds. The Balaban J connectivity index is 1.39. The summed E-state index contributed by atoms with van der Waals surface area (Å²) >= 11 is 3.65. The van der Waals surface area contributed by atoms with E-state index < -0.39 is 10.0 Å². The number of halogens is 1. The molecule has 2 heterocycles. The second-order valence-electron chi connectivity index (χ2n) is 12.4. The third-order valence-corrected chi connectivity index (χ3v) is 11.9. The van der Waals surface area contributed by atoms with Crippen molar-refractivity contribution >= 4 is 37.5 Å². The van der Waals surface area contributed by atoms with Gasteiger partial charge in [0.05, 0.1) is 40.0 Å². The average molecular weight is 798 g/mol. The van der Waals surface area contributed by atoms with Crippen molar-refractivity contribution in [2.45, 2.75) is 36.6 Å². The molecule has 13 nitrogen and oxygen atoms in total. The first-order valence-corrected chi connectivity index (χ1v) is 18.9. The minimum absolute atomic E-state index is 0.0226. The van der Waals surface area contributed by atoms with E-state index in [0.29, 0.717) is 38.8 Å². The van der Waals surface area contributed by atoms with Gasteiger partial charge in [-0.2, -0.15) is 4.31 Å². The minimum Gasteiger partial charge on any atom is -0.497 e. The van der Waals surface area contributed by atoms with E-state index in [1.54, 1.807) is 32.1 Å². The number of aliphatic imine (C=N–C) groups is 1. The van der Waals surface area contributed by atoms with E-state index in [2.05, 4.69) is 41.8 Å². The van der Waals surface area contributed by atoms with Crippen LogP contribution >= 0.6 is 15.9 Å². The van der Waals surface area contributed by atoms with Gasteiger partial charge in [0.2, 0.25) is 10.0 Å². The number of fused-ring (bicyclic) bond motifs is 1. The Morgan fingerprint density at radius 2 is 1.40 bits per heavy atom. The van der Waals surface area contributed by atoms with E-state index >= 15 is 8.42 Å². The zero-order valence-electron chi connectivity index (χ0n) is 29.2. The lowest BCUT2D eigenvalue weighted by Crippen LogP contribution is -2.36. The van der Waals surface area contributed by atoms with Gasteiger partial charge in [-0.05, 0) is 96.6 Å². The van der Waals surface area contributed by atoms with Crippen LogP contribution in [0.15, 0.2) is 118 Å². The van der Waals surface area contributed by atoms with Crippen molar-refractivity contribution in [2.75, 3.05) is 21.3 Å². The second-order valence-corrected chi connectivity index (χ2v) is 15.2. The summed E-state index contributed by atoms with van der Waals surface area (Å²) in [6.45, 7) is 0.404. The van der Waals surface area contributed by atoms with Gasteiger partial charge in [0.25, 0.3) is 0 Å². The Morgan fingerprint density at radius 1 is 0.830 bits per heavy atom. The topological polar surface area (TPSA) is 159 Å². The first-order chi connectivity index (χ1) is 25.7. The zero-order chi connectivity index (χ0) is 37.1. The molecule has 0 saturated heterocycles. The molecule has 0 saturated carbocycles. The van der Waals surface area contributed by atoms with E-state index in [1.165, 1.54) is 4.31 Å². The zero-order valence-corrected chi connectivity index (χ0v) is 31.6. The second kappa shape index (κ2) is 15.2. The summed E-state index contributed by atoms with van der Waals surface area (Å²) in [5.41, 5.74) is 10.2. The number of guanidine groups is 1. The number of hydrogen-bond acceptors (Lipinski definition) is 11. The molecule has 5 aromatic rings. The maximum absolute atomic E-state index is 15.4. The minimum atomic E-state index is -4.31. The number of benzene rings is 4. The Morgan fingerprint density at radius 3 is 1.96 bits per heavy atom. The number of rotatable bonds is 13. The molecule has 272 valence electrons. The number of aromatic nitrogens is 4. The molecule has 4 aromatic carbocycles. The monoisotopic (exact) mass is 796 g/mol. The van der Waals surface area contributed by atoms with Crippen LogP contribution in [-0.4, -0.2) is 72.3 Å². The Kier molecular flexibility index (Phi) is 10.3. The van der Waals surface area contributed by atoms with Crippen LogP contribution in [0.2, 0.25) is 0 Å². The highest BCUT2D eigenvalue weighted by atomic mass is 79.9. The fourth-order valence-electron chi connectivity index (χ4n) is 6.36. The number of ether oxygens (including phenoxy) is 3. The Hall–Kier alpha value is -5.51. The number of methoxy groups -OCH3 is 3. The number of nitrogens with zero attached hydrogens (tertiary/aromatic N) is 6. The van der Waals surface area contributed by atoms with Crippen molar-refractivity contribution in [3.05, 3.63) is 130 Å². The third-order valence-electron chi connectivity index (χ3n) is 9.10. The molecule has 1 aliphatic carbocycles. The van der Waals surface area contributed by atoms with Crippen LogP contribution in [0, 0.1) is 0 Å². The molecule has 0 bridgehead atoms. The van der Waals surface area contributed by atoms with E-state index in [0.717, 1.165) is 22.3 Å². The smallest absolute Gasteiger partial charge is 0.245 e. The van der Waals surface area contributed by atoms with Gasteiger partial charge in [-0.3, -0.25) is 0 Å². The molecule has 1 aromatic heterocycles. The third kappa shape index (κ3) is 7.54. The van der Waals surface area contributed by atoms with Crippen LogP contribution in [0.1, 0.15) is 22.3 Å². The lowest BCUT2D eigenvalue weighted by molar-refractivity contribution is 0.397. The van der Waals surface area contributed by atoms with Crippen molar-refractivity contribution in [1.82, 2.24) is 29.8 Å². The molecule has 0 spiro atoms. The summed E-state index contributed by atoms with van der Waals surface area (Å²) in [5, 5.41) is 16.1. The molecule has 7 rings (SSSR count). The van der Waals surface area contributed by atoms with Gasteiger partial charge in [-0.25, -0.2) is 18.1 Å². The van der Waals surface area contributed by atoms with Gasteiger partial charge < -0.3 is 25.3 Å². The van der Waals surface area contributed by atoms with Crippen LogP contribution in [0.4, 0.5) is 0 Å². The van der Waals surface area contributed by atoms with Crippen molar-refractivity contribution in [2.24, 2.45) is 10.7 Å². The van der Waals surface area contributed by atoms with Crippen LogP contribution in [-0.2, 0) is 29.7 Å². The van der Waals surface area contributed by atoms with E-state index in [-0.39, 0.29) is 42.4 Å². The normalized spacial score (nSPS) is 16.5. The molecule has 2 atom stereocenters. The Labute approximate surface area is 316 Å². The predicted molar refractivity (Wildman–Crippen MR) is 205 cm³/mol. The standard InChI is InChI=1S/C38H37BrN8O5S/c1-50-28-11-4-24(5-12-28)21-46(22-25-6-13-29(51-2)14-7-25)53(48,49)36-32(39)18-17-31(27-10-19-33-34(20-27)42-38(40)41-33)35(36)37-43-44-45-47(37)23-26-8-15-30(52-3)16-9-26/h4-20,33-34H,21-23H2,1-3H3,(H3,40,41,42). The largest absolute Gasteiger partial charge is 0.497 e. The van der Waals surface area contributed by atoms with Crippen molar-refractivity contribution in [3.8, 4) is 28.6 Å². The number of tetrazole rings is 1. The Bertz CT molecular complexity index is 2260. The summed E-state index contributed by atoms with van der Waals surface area (Å²) in [6.07, 6.45) is 5.88. The summed E-state index contributed by atoms with van der Waals surface area (Å²) in [7, 11) is 0.471. The summed E-state index contributed by atoms with van der Waals surface area (Å²) in [6, 6.07) is 25.4.